The molecule has 11 heavy (non-hydrogen) atoms. The molecule has 2 saturated heterocycles. The minimum atomic E-state index is 0.0170. The molecule has 0 radical (unpaired) electrons. The Morgan fingerprint density at radius 2 is 1.73 bits per heavy atom. The van der Waals surface area contributed by atoms with Crippen LogP contribution in [0.2, 0.25) is 0 Å². The third kappa shape index (κ3) is 1.30. The highest BCUT2D eigenvalue weighted by Crippen LogP contribution is 2.29. The smallest absolute Gasteiger partial charge is 0.152 e. The van der Waals surface area contributed by atoms with Crippen LogP contribution < -0.4 is 0 Å². The number of aliphatic hydroxyl groups is 1. The molecule has 0 amide bonds. The number of rotatable bonds is 0. The van der Waals surface area contributed by atoms with Crippen LogP contribution in [0.4, 0.5) is 0 Å². The summed E-state index contributed by atoms with van der Waals surface area (Å²) in [6.07, 6.45) is 2.75. The summed E-state index contributed by atoms with van der Waals surface area (Å²) in [5, 5.41) is 9.22. The van der Waals surface area contributed by atoms with Crippen molar-refractivity contribution in [3.63, 3.8) is 0 Å². The van der Waals surface area contributed by atoms with Gasteiger partial charge in [-0.15, -0.1) is 0 Å². The van der Waals surface area contributed by atoms with Crippen molar-refractivity contribution < 1.29 is 9.59 Å². The first-order chi connectivity index (χ1) is 5.20. The molecule has 2 heteroatoms. The number of hydrogen-bond donors (Lipinski definition) is 1. The first-order valence-corrected chi connectivity index (χ1v) is 4.73. The lowest BCUT2D eigenvalue weighted by Gasteiger charge is -2.51. The molecule has 0 unspecified atom stereocenters. The van der Waals surface area contributed by atoms with Gasteiger partial charge in [-0.25, -0.2) is 0 Å². The molecule has 2 nitrogen and oxygen atoms in total. The summed E-state index contributed by atoms with van der Waals surface area (Å²) < 4.78 is 1.23. The first-order valence-electron chi connectivity index (χ1n) is 4.73. The maximum absolute atomic E-state index is 9.22. The van der Waals surface area contributed by atoms with Crippen molar-refractivity contribution in [3.8, 4) is 0 Å². The van der Waals surface area contributed by atoms with Crippen LogP contribution in [-0.2, 0) is 0 Å². The minimum Gasteiger partial charge on any atom is -0.382 e. The summed E-state index contributed by atoms with van der Waals surface area (Å²) in [7, 11) is 0. The van der Waals surface area contributed by atoms with E-state index in [4.69, 9.17) is 0 Å². The normalized spacial score (nSPS) is 50.7. The fourth-order valence-corrected chi connectivity index (χ4v) is 2.45. The molecule has 1 N–H and O–H groups in total. The van der Waals surface area contributed by atoms with E-state index in [2.05, 4.69) is 6.92 Å². The molecule has 2 heterocycles. The summed E-state index contributed by atoms with van der Waals surface area (Å²) in [4.78, 5) is 0. The Labute approximate surface area is 68.4 Å². The fourth-order valence-electron chi connectivity index (χ4n) is 2.45. The number of nitrogens with zero attached hydrogens (tertiary/aromatic N) is 1. The lowest BCUT2D eigenvalue weighted by atomic mass is 9.92. The van der Waals surface area contributed by atoms with Crippen LogP contribution >= 0.6 is 0 Å². The lowest BCUT2D eigenvalue weighted by molar-refractivity contribution is -0.977. The largest absolute Gasteiger partial charge is 0.382 e. The Morgan fingerprint density at radius 3 is 2.18 bits per heavy atom. The molecule has 0 saturated carbocycles. The standard InChI is InChI=1S/C9H18NO/c1-8-2-4-10(5-3-8)6-9(11)7-10/h8-9,11H,2-7H2,1H3/q+1. The number of aliphatic hydroxyl groups excluding tert-OH is 1. The van der Waals surface area contributed by atoms with Gasteiger partial charge >= 0.3 is 0 Å². The SMILES string of the molecule is CC1CC[N+]2(CC1)CC(O)C2. The van der Waals surface area contributed by atoms with Gasteiger partial charge in [-0.2, -0.15) is 0 Å². The van der Waals surface area contributed by atoms with E-state index < -0.39 is 0 Å². The zero-order valence-electron chi connectivity index (χ0n) is 7.29. The van der Waals surface area contributed by atoms with Gasteiger partial charge in [0.25, 0.3) is 0 Å². The maximum atomic E-state index is 9.22. The predicted molar refractivity (Wildman–Crippen MR) is 44.1 cm³/mol. The molecule has 2 rings (SSSR count). The van der Waals surface area contributed by atoms with Gasteiger partial charge in [0.1, 0.15) is 13.1 Å². The number of quaternary nitrogens is 1. The van der Waals surface area contributed by atoms with Gasteiger partial charge in [0, 0.05) is 0 Å². The van der Waals surface area contributed by atoms with Crippen LogP contribution in [-0.4, -0.2) is 41.9 Å². The topological polar surface area (TPSA) is 20.2 Å². The Morgan fingerprint density at radius 1 is 1.18 bits per heavy atom. The Balaban J connectivity index is 1.88. The van der Waals surface area contributed by atoms with E-state index in [9.17, 15) is 5.11 Å². The van der Waals surface area contributed by atoms with E-state index in [-0.39, 0.29) is 6.10 Å². The molecule has 0 atom stereocenters. The van der Waals surface area contributed by atoms with Crippen molar-refractivity contribution in [3.05, 3.63) is 0 Å². The predicted octanol–water partition coefficient (Wildman–Crippen LogP) is 0.608. The Hall–Kier alpha value is -0.0800. The van der Waals surface area contributed by atoms with E-state index in [0.717, 1.165) is 19.0 Å². The first kappa shape index (κ1) is 7.56. The molecule has 0 bridgehead atoms. The molecular weight excluding hydrogens is 138 g/mol. The summed E-state index contributed by atoms with van der Waals surface area (Å²) in [5.74, 6) is 0.927. The quantitative estimate of drug-likeness (QED) is 0.509. The van der Waals surface area contributed by atoms with Crippen LogP contribution in [0.1, 0.15) is 19.8 Å². The summed E-state index contributed by atoms with van der Waals surface area (Å²) in [5.41, 5.74) is 0. The van der Waals surface area contributed by atoms with Gasteiger partial charge < -0.3 is 9.59 Å². The van der Waals surface area contributed by atoms with Crippen molar-refractivity contribution in [2.75, 3.05) is 26.2 Å². The van der Waals surface area contributed by atoms with Crippen molar-refractivity contribution in [1.82, 2.24) is 0 Å². The molecule has 0 aromatic heterocycles. The summed E-state index contributed by atoms with van der Waals surface area (Å²) >= 11 is 0. The molecule has 0 aromatic carbocycles. The van der Waals surface area contributed by atoms with E-state index in [0.29, 0.717) is 0 Å². The molecule has 2 aliphatic heterocycles. The fraction of sp³-hybridized carbons (Fsp3) is 1.00. The van der Waals surface area contributed by atoms with Crippen molar-refractivity contribution in [2.24, 2.45) is 5.92 Å². The Bertz CT molecular complexity index is 142. The second-order valence-electron chi connectivity index (χ2n) is 4.49. The van der Waals surface area contributed by atoms with Gasteiger partial charge in [0.15, 0.2) is 6.10 Å². The Kier molecular flexibility index (Phi) is 1.69. The van der Waals surface area contributed by atoms with Gasteiger partial charge in [-0.3, -0.25) is 0 Å². The van der Waals surface area contributed by atoms with Crippen molar-refractivity contribution in [2.45, 2.75) is 25.9 Å². The molecule has 1 spiro atoms. The second kappa shape index (κ2) is 2.46. The molecule has 2 fully saturated rings. The zero-order valence-corrected chi connectivity index (χ0v) is 7.29. The number of hydrogen-bond acceptors (Lipinski definition) is 1. The van der Waals surface area contributed by atoms with E-state index >= 15 is 0 Å². The highest BCUT2D eigenvalue weighted by Gasteiger charge is 2.44. The highest BCUT2D eigenvalue weighted by molar-refractivity contribution is 4.71. The van der Waals surface area contributed by atoms with Crippen LogP contribution in [0.15, 0.2) is 0 Å². The third-order valence-electron chi connectivity index (χ3n) is 3.39. The second-order valence-corrected chi connectivity index (χ2v) is 4.49. The summed E-state index contributed by atoms with van der Waals surface area (Å²) in [6, 6.07) is 0. The van der Waals surface area contributed by atoms with Crippen LogP contribution in [0, 0.1) is 5.92 Å². The van der Waals surface area contributed by atoms with E-state index in [1.807, 2.05) is 0 Å². The molecule has 0 aliphatic carbocycles. The van der Waals surface area contributed by atoms with Gasteiger partial charge in [-0.1, -0.05) is 6.92 Å². The van der Waals surface area contributed by atoms with Gasteiger partial charge in [-0.05, 0) is 18.8 Å². The molecule has 2 aliphatic rings. The molecular formula is C9H18NO+. The average molecular weight is 156 g/mol. The van der Waals surface area contributed by atoms with Crippen LogP contribution in [0.3, 0.4) is 0 Å². The van der Waals surface area contributed by atoms with Crippen molar-refractivity contribution >= 4 is 0 Å². The third-order valence-corrected chi connectivity index (χ3v) is 3.39. The average Bonchev–Trinajstić information content (AvgIpc) is 1.92. The van der Waals surface area contributed by atoms with E-state index in [1.54, 1.807) is 0 Å². The van der Waals surface area contributed by atoms with E-state index in [1.165, 1.54) is 30.4 Å². The molecule has 64 valence electrons. The van der Waals surface area contributed by atoms with Crippen LogP contribution in [0.25, 0.3) is 0 Å². The minimum absolute atomic E-state index is 0.0170. The monoisotopic (exact) mass is 156 g/mol. The zero-order chi connectivity index (χ0) is 7.90. The maximum Gasteiger partial charge on any atom is 0.152 e. The van der Waals surface area contributed by atoms with Crippen LogP contribution in [0.5, 0.6) is 0 Å². The number of piperidine rings is 1. The summed E-state index contributed by atoms with van der Waals surface area (Å²) in [6.45, 7) is 7.04. The lowest BCUT2D eigenvalue weighted by Crippen LogP contribution is -2.68. The highest BCUT2D eigenvalue weighted by atomic mass is 16.3. The van der Waals surface area contributed by atoms with Crippen molar-refractivity contribution in [1.29, 1.82) is 0 Å². The van der Waals surface area contributed by atoms with Gasteiger partial charge in [0.2, 0.25) is 0 Å². The van der Waals surface area contributed by atoms with Gasteiger partial charge in [0.05, 0.1) is 13.1 Å². The molecule has 0 aromatic rings.